The van der Waals surface area contributed by atoms with E-state index < -0.39 is 29.0 Å². The van der Waals surface area contributed by atoms with Gasteiger partial charge in [0.15, 0.2) is 11.6 Å². The highest BCUT2D eigenvalue weighted by atomic mass is 19.2. The molecule has 0 spiro atoms. The van der Waals surface area contributed by atoms with E-state index in [-0.39, 0.29) is 24.9 Å². The predicted octanol–water partition coefficient (Wildman–Crippen LogP) is 1.46. The molecule has 0 atom stereocenters. The molecule has 2 rings (SSSR count). The lowest BCUT2D eigenvalue weighted by Crippen LogP contribution is -2.51. The Hall–Kier alpha value is -1.07. The van der Waals surface area contributed by atoms with Crippen molar-refractivity contribution in [3.8, 4) is 0 Å². The van der Waals surface area contributed by atoms with Gasteiger partial charge in [-0.25, -0.2) is 13.2 Å². The number of aliphatic hydroxyl groups is 1. The Labute approximate surface area is 90.9 Å². The summed E-state index contributed by atoms with van der Waals surface area (Å²) in [7, 11) is 0. The largest absolute Gasteiger partial charge is 0.393 e. The molecule has 3 N–H and O–H groups in total. The van der Waals surface area contributed by atoms with E-state index in [0.717, 1.165) is 12.1 Å². The molecule has 2 nitrogen and oxygen atoms in total. The van der Waals surface area contributed by atoms with Gasteiger partial charge in [0.25, 0.3) is 0 Å². The van der Waals surface area contributed by atoms with Gasteiger partial charge >= 0.3 is 0 Å². The quantitative estimate of drug-likeness (QED) is 0.757. The van der Waals surface area contributed by atoms with Gasteiger partial charge in [-0.2, -0.15) is 0 Å². The van der Waals surface area contributed by atoms with Crippen LogP contribution in [0.3, 0.4) is 0 Å². The van der Waals surface area contributed by atoms with Crippen molar-refractivity contribution in [2.75, 3.05) is 6.54 Å². The van der Waals surface area contributed by atoms with Crippen LogP contribution in [0.15, 0.2) is 12.1 Å². The standard InChI is InChI=1S/C11H12F3NO/c12-7-1-2-8(13)10(14)9(7)11(5-15)3-6(16)4-11/h1-2,6,16H,3-5,15H2. The van der Waals surface area contributed by atoms with Gasteiger partial charge in [0.05, 0.1) is 6.10 Å². The maximum Gasteiger partial charge on any atom is 0.165 e. The molecule has 1 saturated carbocycles. The van der Waals surface area contributed by atoms with E-state index >= 15 is 0 Å². The number of hydrogen-bond donors (Lipinski definition) is 2. The van der Waals surface area contributed by atoms with Crippen LogP contribution in [0.4, 0.5) is 13.2 Å². The summed E-state index contributed by atoms with van der Waals surface area (Å²) in [6.07, 6.45) is -0.285. The number of halogens is 3. The van der Waals surface area contributed by atoms with Gasteiger partial charge in [-0.1, -0.05) is 0 Å². The first kappa shape index (κ1) is 11.4. The first-order chi connectivity index (χ1) is 7.50. The van der Waals surface area contributed by atoms with Crippen molar-refractivity contribution in [2.45, 2.75) is 24.4 Å². The molecule has 1 aliphatic carbocycles. The fourth-order valence-electron chi connectivity index (χ4n) is 2.33. The molecule has 5 heteroatoms. The third-order valence-electron chi connectivity index (χ3n) is 3.22. The molecule has 0 heterocycles. The van der Waals surface area contributed by atoms with E-state index in [9.17, 15) is 18.3 Å². The number of aliphatic hydroxyl groups excluding tert-OH is 1. The lowest BCUT2D eigenvalue weighted by Gasteiger charge is -2.45. The van der Waals surface area contributed by atoms with Crippen molar-refractivity contribution >= 4 is 0 Å². The normalized spacial score (nSPS) is 28.9. The Bertz CT molecular complexity index is 416. The second kappa shape index (κ2) is 3.75. The highest BCUT2D eigenvalue weighted by Crippen LogP contribution is 2.45. The van der Waals surface area contributed by atoms with Crippen LogP contribution in [0.2, 0.25) is 0 Å². The van der Waals surface area contributed by atoms with Gasteiger partial charge < -0.3 is 10.8 Å². The van der Waals surface area contributed by atoms with Crippen LogP contribution in [0.5, 0.6) is 0 Å². The maximum absolute atomic E-state index is 13.5. The molecular formula is C11H12F3NO. The fraction of sp³-hybridized carbons (Fsp3) is 0.455. The zero-order valence-electron chi connectivity index (χ0n) is 8.51. The molecule has 0 radical (unpaired) electrons. The van der Waals surface area contributed by atoms with Crippen LogP contribution in [0.1, 0.15) is 18.4 Å². The van der Waals surface area contributed by atoms with E-state index in [1.165, 1.54) is 0 Å². The molecule has 1 aromatic carbocycles. The number of nitrogens with two attached hydrogens (primary N) is 1. The minimum Gasteiger partial charge on any atom is -0.393 e. The summed E-state index contributed by atoms with van der Waals surface area (Å²) in [5.74, 6) is -3.10. The van der Waals surface area contributed by atoms with Crippen LogP contribution in [-0.4, -0.2) is 17.8 Å². The summed E-state index contributed by atoms with van der Waals surface area (Å²) in [5, 5.41) is 9.23. The molecule has 0 amide bonds. The van der Waals surface area contributed by atoms with Gasteiger partial charge in [0.1, 0.15) is 5.82 Å². The van der Waals surface area contributed by atoms with Crippen molar-refractivity contribution in [2.24, 2.45) is 5.73 Å². The molecule has 0 bridgehead atoms. The second-order valence-corrected chi connectivity index (χ2v) is 4.26. The smallest absolute Gasteiger partial charge is 0.165 e. The lowest BCUT2D eigenvalue weighted by atomic mass is 9.62. The monoisotopic (exact) mass is 231 g/mol. The molecule has 0 aromatic heterocycles. The summed E-state index contributed by atoms with van der Waals surface area (Å²) < 4.78 is 40.1. The summed E-state index contributed by atoms with van der Waals surface area (Å²) in [5.41, 5.74) is 4.19. The molecular weight excluding hydrogens is 219 g/mol. The molecule has 1 aromatic rings. The zero-order chi connectivity index (χ0) is 11.9. The van der Waals surface area contributed by atoms with E-state index in [4.69, 9.17) is 5.73 Å². The van der Waals surface area contributed by atoms with Crippen molar-refractivity contribution in [3.63, 3.8) is 0 Å². The van der Waals surface area contributed by atoms with Crippen LogP contribution < -0.4 is 5.73 Å². The Balaban J connectivity index is 2.50. The molecule has 16 heavy (non-hydrogen) atoms. The van der Waals surface area contributed by atoms with Gasteiger partial charge in [0.2, 0.25) is 0 Å². The van der Waals surface area contributed by atoms with E-state index in [1.54, 1.807) is 0 Å². The Morgan fingerprint density at radius 1 is 1.25 bits per heavy atom. The van der Waals surface area contributed by atoms with Crippen LogP contribution in [0.25, 0.3) is 0 Å². The molecule has 0 aliphatic heterocycles. The Kier molecular flexibility index (Phi) is 2.67. The minimum absolute atomic E-state index is 0.0125. The maximum atomic E-state index is 13.5. The third kappa shape index (κ3) is 1.51. The summed E-state index contributed by atoms with van der Waals surface area (Å²) in [4.78, 5) is 0. The van der Waals surface area contributed by atoms with E-state index in [2.05, 4.69) is 0 Å². The predicted molar refractivity (Wildman–Crippen MR) is 52.3 cm³/mol. The second-order valence-electron chi connectivity index (χ2n) is 4.26. The van der Waals surface area contributed by atoms with Gasteiger partial charge in [-0.15, -0.1) is 0 Å². The molecule has 1 aliphatic rings. The average molecular weight is 231 g/mol. The Morgan fingerprint density at radius 3 is 2.31 bits per heavy atom. The SMILES string of the molecule is NCC1(c2c(F)ccc(F)c2F)CC(O)C1. The lowest BCUT2D eigenvalue weighted by molar-refractivity contribution is 0.0184. The molecule has 88 valence electrons. The first-order valence-corrected chi connectivity index (χ1v) is 5.02. The van der Waals surface area contributed by atoms with Crippen LogP contribution in [0, 0.1) is 17.5 Å². The fourth-order valence-corrected chi connectivity index (χ4v) is 2.33. The van der Waals surface area contributed by atoms with Crippen molar-refractivity contribution < 1.29 is 18.3 Å². The highest BCUT2D eigenvalue weighted by Gasteiger charge is 2.47. The topological polar surface area (TPSA) is 46.2 Å². The summed E-state index contributed by atoms with van der Waals surface area (Å²) in [6, 6.07) is 1.63. The highest BCUT2D eigenvalue weighted by molar-refractivity contribution is 5.33. The third-order valence-corrected chi connectivity index (χ3v) is 3.22. The van der Waals surface area contributed by atoms with Gasteiger partial charge in [-0.3, -0.25) is 0 Å². The number of benzene rings is 1. The van der Waals surface area contributed by atoms with Gasteiger partial charge in [0, 0.05) is 17.5 Å². The first-order valence-electron chi connectivity index (χ1n) is 5.02. The number of hydrogen-bond acceptors (Lipinski definition) is 2. The molecule has 0 saturated heterocycles. The average Bonchev–Trinajstić information content (AvgIpc) is 2.21. The summed E-state index contributed by atoms with van der Waals surface area (Å²) >= 11 is 0. The van der Waals surface area contributed by atoms with Gasteiger partial charge in [-0.05, 0) is 25.0 Å². The molecule has 1 fully saturated rings. The minimum atomic E-state index is -1.20. The Morgan fingerprint density at radius 2 is 1.81 bits per heavy atom. The summed E-state index contributed by atoms with van der Waals surface area (Å²) in [6.45, 7) is -0.0125. The molecule has 0 unspecified atom stereocenters. The van der Waals surface area contributed by atoms with Crippen molar-refractivity contribution in [1.82, 2.24) is 0 Å². The number of rotatable bonds is 2. The van der Waals surface area contributed by atoms with Crippen LogP contribution >= 0.6 is 0 Å². The van der Waals surface area contributed by atoms with E-state index in [0.29, 0.717) is 0 Å². The van der Waals surface area contributed by atoms with Crippen molar-refractivity contribution in [3.05, 3.63) is 35.1 Å². The van der Waals surface area contributed by atoms with Crippen molar-refractivity contribution in [1.29, 1.82) is 0 Å². The zero-order valence-corrected chi connectivity index (χ0v) is 8.51. The van der Waals surface area contributed by atoms with E-state index in [1.807, 2.05) is 0 Å². The van der Waals surface area contributed by atoms with Crippen LogP contribution in [-0.2, 0) is 5.41 Å².